The van der Waals surface area contributed by atoms with Gasteiger partial charge in [0.05, 0.1) is 0 Å². The van der Waals surface area contributed by atoms with Crippen LogP contribution in [0.5, 0.6) is 0 Å². The van der Waals surface area contributed by atoms with Gasteiger partial charge in [0.2, 0.25) is 0 Å². The van der Waals surface area contributed by atoms with Crippen molar-refractivity contribution in [2.75, 3.05) is 13.1 Å². The quantitative estimate of drug-likeness (QED) is 0.685. The van der Waals surface area contributed by atoms with Gasteiger partial charge in [-0.15, -0.1) is 0 Å². The zero-order chi connectivity index (χ0) is 10.8. The molecule has 1 fully saturated rings. The fourth-order valence-corrected chi connectivity index (χ4v) is 1.87. The molecule has 0 spiro atoms. The Bertz CT molecular complexity index is 359. The predicted octanol–water partition coefficient (Wildman–Crippen LogP) is 2.70. The first kappa shape index (κ1) is 10.5. The van der Waals surface area contributed by atoms with Crippen molar-refractivity contribution in [2.24, 2.45) is 0 Å². The summed E-state index contributed by atoms with van der Waals surface area (Å²) in [5.41, 5.74) is 0.232. The summed E-state index contributed by atoms with van der Waals surface area (Å²) >= 11 is 0. The lowest BCUT2D eigenvalue weighted by molar-refractivity contribution is 0.320. The highest BCUT2D eigenvalue weighted by Crippen LogP contribution is 2.18. The third kappa shape index (κ3) is 2.15. The van der Waals surface area contributed by atoms with Crippen LogP contribution in [-0.2, 0) is 6.54 Å². The molecule has 0 atom stereocenters. The molecule has 82 valence electrons. The maximum Gasteiger partial charge on any atom is 0.194 e. The van der Waals surface area contributed by atoms with Crippen LogP contribution in [0.3, 0.4) is 0 Å². The third-order valence-corrected chi connectivity index (χ3v) is 2.71. The minimum Gasteiger partial charge on any atom is -0.299 e. The van der Waals surface area contributed by atoms with Gasteiger partial charge in [0, 0.05) is 12.1 Å². The molecule has 0 N–H and O–H groups in total. The van der Waals surface area contributed by atoms with Crippen molar-refractivity contribution in [3.63, 3.8) is 0 Å². The molecule has 0 unspecified atom stereocenters. The van der Waals surface area contributed by atoms with Gasteiger partial charge in [0.15, 0.2) is 17.5 Å². The Balaban J connectivity index is 2.17. The van der Waals surface area contributed by atoms with Crippen LogP contribution in [0.2, 0.25) is 0 Å². The molecular weight excluding hydrogens is 203 g/mol. The van der Waals surface area contributed by atoms with E-state index >= 15 is 0 Å². The second-order valence-electron chi connectivity index (χ2n) is 3.82. The van der Waals surface area contributed by atoms with E-state index in [2.05, 4.69) is 0 Å². The van der Waals surface area contributed by atoms with Gasteiger partial charge in [-0.05, 0) is 32.0 Å². The summed E-state index contributed by atoms with van der Waals surface area (Å²) in [6, 6.07) is 2.29. The molecule has 0 aliphatic carbocycles. The van der Waals surface area contributed by atoms with Crippen LogP contribution in [0, 0.1) is 17.5 Å². The molecular formula is C11H12F3N. The highest BCUT2D eigenvalue weighted by molar-refractivity contribution is 5.20. The van der Waals surface area contributed by atoms with Crippen LogP contribution in [0.15, 0.2) is 12.1 Å². The Hall–Kier alpha value is -1.03. The molecule has 1 aromatic rings. The normalized spacial score (nSPS) is 17.3. The minimum absolute atomic E-state index is 0.232. The van der Waals surface area contributed by atoms with Crippen molar-refractivity contribution in [3.05, 3.63) is 35.1 Å². The Morgan fingerprint density at radius 3 is 2.33 bits per heavy atom. The molecule has 2 rings (SSSR count). The Morgan fingerprint density at radius 2 is 1.67 bits per heavy atom. The zero-order valence-corrected chi connectivity index (χ0v) is 8.27. The summed E-state index contributed by atoms with van der Waals surface area (Å²) in [6.45, 7) is 2.17. The van der Waals surface area contributed by atoms with Gasteiger partial charge >= 0.3 is 0 Å². The van der Waals surface area contributed by atoms with Gasteiger partial charge in [-0.2, -0.15) is 0 Å². The molecule has 4 heteroatoms. The van der Waals surface area contributed by atoms with Crippen LogP contribution in [0.1, 0.15) is 18.4 Å². The van der Waals surface area contributed by atoms with Gasteiger partial charge < -0.3 is 0 Å². The molecule has 0 aromatic heterocycles. The highest BCUT2D eigenvalue weighted by atomic mass is 19.2. The number of halogens is 3. The van der Waals surface area contributed by atoms with E-state index in [0.717, 1.165) is 32.0 Å². The second-order valence-corrected chi connectivity index (χ2v) is 3.82. The topological polar surface area (TPSA) is 3.24 Å². The first-order chi connectivity index (χ1) is 7.18. The molecule has 1 aromatic carbocycles. The van der Waals surface area contributed by atoms with E-state index in [-0.39, 0.29) is 5.56 Å². The van der Waals surface area contributed by atoms with E-state index in [1.54, 1.807) is 0 Å². The summed E-state index contributed by atoms with van der Waals surface area (Å²) < 4.78 is 38.8. The van der Waals surface area contributed by atoms with Crippen LogP contribution in [0.4, 0.5) is 13.2 Å². The molecule has 15 heavy (non-hydrogen) atoms. The number of hydrogen-bond donors (Lipinski definition) is 0. The van der Waals surface area contributed by atoms with Gasteiger partial charge in [-0.1, -0.05) is 6.07 Å². The molecule has 1 aliphatic rings. The molecule has 0 radical (unpaired) electrons. The predicted molar refractivity (Wildman–Crippen MR) is 50.8 cm³/mol. The van der Waals surface area contributed by atoms with E-state index < -0.39 is 17.5 Å². The zero-order valence-electron chi connectivity index (χ0n) is 8.27. The van der Waals surface area contributed by atoms with Gasteiger partial charge in [0.1, 0.15) is 0 Å². The summed E-state index contributed by atoms with van der Waals surface area (Å²) in [7, 11) is 0. The SMILES string of the molecule is Fc1ccc(CN2CCCC2)c(F)c1F. The smallest absolute Gasteiger partial charge is 0.194 e. The Labute approximate surface area is 86.5 Å². The summed E-state index contributed by atoms with van der Waals surface area (Å²) in [5, 5.41) is 0. The third-order valence-electron chi connectivity index (χ3n) is 2.71. The number of hydrogen-bond acceptors (Lipinski definition) is 1. The molecule has 0 bridgehead atoms. The average molecular weight is 215 g/mol. The van der Waals surface area contributed by atoms with Crippen molar-refractivity contribution in [1.29, 1.82) is 0 Å². The number of rotatable bonds is 2. The highest BCUT2D eigenvalue weighted by Gasteiger charge is 2.17. The Morgan fingerprint density at radius 1 is 1.00 bits per heavy atom. The average Bonchev–Trinajstić information content (AvgIpc) is 2.72. The van der Waals surface area contributed by atoms with Crippen LogP contribution in [0.25, 0.3) is 0 Å². The van der Waals surface area contributed by atoms with Crippen LogP contribution >= 0.6 is 0 Å². The van der Waals surface area contributed by atoms with E-state index in [1.807, 2.05) is 4.90 Å². The Kier molecular flexibility index (Phi) is 2.95. The molecule has 1 aliphatic heterocycles. The van der Waals surface area contributed by atoms with E-state index in [1.165, 1.54) is 6.07 Å². The fourth-order valence-electron chi connectivity index (χ4n) is 1.87. The molecule has 0 amide bonds. The van der Waals surface area contributed by atoms with Crippen molar-refractivity contribution in [1.82, 2.24) is 4.90 Å². The number of likely N-dealkylation sites (tertiary alicyclic amines) is 1. The van der Waals surface area contributed by atoms with Gasteiger partial charge in [0.25, 0.3) is 0 Å². The van der Waals surface area contributed by atoms with Crippen molar-refractivity contribution in [2.45, 2.75) is 19.4 Å². The second kappa shape index (κ2) is 4.23. The molecule has 0 saturated carbocycles. The molecule has 1 nitrogen and oxygen atoms in total. The number of nitrogens with zero attached hydrogens (tertiary/aromatic N) is 1. The lowest BCUT2D eigenvalue weighted by Gasteiger charge is -2.15. The maximum atomic E-state index is 13.3. The van der Waals surface area contributed by atoms with E-state index in [9.17, 15) is 13.2 Å². The van der Waals surface area contributed by atoms with Crippen molar-refractivity contribution >= 4 is 0 Å². The standard InChI is InChI=1S/C11H12F3N/c12-9-4-3-8(10(13)11(9)14)7-15-5-1-2-6-15/h3-4H,1-2,5-7H2. The fraction of sp³-hybridized carbons (Fsp3) is 0.455. The molecule has 1 heterocycles. The van der Waals surface area contributed by atoms with Crippen molar-refractivity contribution < 1.29 is 13.2 Å². The lowest BCUT2D eigenvalue weighted by Crippen LogP contribution is -2.19. The summed E-state index contributed by atoms with van der Waals surface area (Å²) in [4.78, 5) is 2.04. The van der Waals surface area contributed by atoms with Crippen molar-refractivity contribution in [3.8, 4) is 0 Å². The van der Waals surface area contributed by atoms with Crippen LogP contribution < -0.4 is 0 Å². The van der Waals surface area contributed by atoms with Gasteiger partial charge in [-0.25, -0.2) is 13.2 Å². The maximum absolute atomic E-state index is 13.3. The summed E-state index contributed by atoms with van der Waals surface area (Å²) in [6.07, 6.45) is 2.18. The minimum atomic E-state index is -1.37. The summed E-state index contributed by atoms with van der Waals surface area (Å²) in [5.74, 6) is -3.55. The van der Waals surface area contributed by atoms with Crippen LogP contribution in [-0.4, -0.2) is 18.0 Å². The first-order valence-corrected chi connectivity index (χ1v) is 5.03. The first-order valence-electron chi connectivity index (χ1n) is 5.03. The monoisotopic (exact) mass is 215 g/mol. The number of benzene rings is 1. The van der Waals surface area contributed by atoms with Gasteiger partial charge in [-0.3, -0.25) is 4.90 Å². The van der Waals surface area contributed by atoms with E-state index in [0.29, 0.717) is 6.54 Å². The largest absolute Gasteiger partial charge is 0.299 e. The van der Waals surface area contributed by atoms with E-state index in [4.69, 9.17) is 0 Å². The molecule has 1 saturated heterocycles. The lowest BCUT2D eigenvalue weighted by atomic mass is 10.2.